The molecule has 0 aromatic carbocycles. The van der Waals surface area contributed by atoms with Gasteiger partial charge in [0.2, 0.25) is 0 Å². The maximum atomic E-state index is 2.84. The predicted molar refractivity (Wildman–Crippen MR) is 50.0 cm³/mol. The van der Waals surface area contributed by atoms with Gasteiger partial charge in [0.15, 0.2) is 0 Å². The van der Waals surface area contributed by atoms with Gasteiger partial charge >= 0.3 is 0 Å². The molecular formula is C11H19N. The minimum atomic E-state index is 0.983. The van der Waals surface area contributed by atoms with Crippen LogP contribution in [0.4, 0.5) is 0 Å². The Morgan fingerprint density at radius 2 is 2.08 bits per heavy atom. The number of nitrogens with zero attached hydrogens (tertiary/aromatic N) is 1. The van der Waals surface area contributed by atoms with E-state index in [1.165, 1.54) is 38.6 Å². The van der Waals surface area contributed by atoms with Gasteiger partial charge < -0.3 is 0 Å². The average Bonchev–Trinajstić information content (AvgIpc) is 2.59. The summed E-state index contributed by atoms with van der Waals surface area (Å²) in [5, 5.41) is 0. The second kappa shape index (κ2) is 2.47. The third kappa shape index (κ3) is 0.891. The van der Waals surface area contributed by atoms with E-state index in [1.54, 1.807) is 0 Å². The summed E-state index contributed by atoms with van der Waals surface area (Å²) < 4.78 is 0. The Labute approximate surface area is 75.1 Å². The van der Waals surface area contributed by atoms with Gasteiger partial charge in [0, 0.05) is 18.6 Å². The molecule has 2 aliphatic heterocycles. The fourth-order valence-corrected chi connectivity index (χ4v) is 3.90. The van der Waals surface area contributed by atoms with Crippen LogP contribution in [0.15, 0.2) is 0 Å². The van der Waals surface area contributed by atoms with Crippen molar-refractivity contribution in [2.24, 2.45) is 11.8 Å². The molecule has 1 nitrogen and oxygen atoms in total. The molecule has 3 aliphatic rings. The molecule has 0 radical (unpaired) electrons. The van der Waals surface area contributed by atoms with E-state index >= 15 is 0 Å². The summed E-state index contributed by atoms with van der Waals surface area (Å²) >= 11 is 0. The van der Waals surface area contributed by atoms with Gasteiger partial charge in [-0.15, -0.1) is 0 Å². The fraction of sp³-hybridized carbons (Fsp3) is 1.00. The highest BCUT2D eigenvalue weighted by Crippen LogP contribution is 2.45. The molecule has 12 heavy (non-hydrogen) atoms. The van der Waals surface area contributed by atoms with Crippen LogP contribution in [0.2, 0.25) is 0 Å². The number of hydrogen-bond acceptors (Lipinski definition) is 1. The first-order chi connectivity index (χ1) is 5.84. The monoisotopic (exact) mass is 165 g/mol. The smallest absolute Gasteiger partial charge is 0.0127 e. The molecule has 68 valence electrons. The van der Waals surface area contributed by atoms with Crippen molar-refractivity contribution in [1.82, 2.24) is 4.90 Å². The normalized spacial score (nSPS) is 52.8. The minimum absolute atomic E-state index is 0.983. The van der Waals surface area contributed by atoms with Crippen molar-refractivity contribution in [3.05, 3.63) is 0 Å². The molecule has 0 aromatic rings. The van der Waals surface area contributed by atoms with E-state index in [9.17, 15) is 0 Å². The van der Waals surface area contributed by atoms with Gasteiger partial charge in [0.25, 0.3) is 0 Å². The second-order valence-corrected chi connectivity index (χ2v) is 5.19. The summed E-state index contributed by atoms with van der Waals surface area (Å²) in [6.45, 7) is 3.83. The largest absolute Gasteiger partial charge is 0.297 e. The lowest BCUT2D eigenvalue weighted by molar-refractivity contribution is 0.230. The molecule has 1 aliphatic carbocycles. The van der Waals surface area contributed by atoms with E-state index in [4.69, 9.17) is 0 Å². The van der Waals surface area contributed by atoms with Crippen LogP contribution >= 0.6 is 0 Å². The zero-order valence-electron chi connectivity index (χ0n) is 8.00. The zero-order chi connectivity index (χ0) is 8.13. The van der Waals surface area contributed by atoms with E-state index in [1.807, 2.05) is 0 Å². The minimum Gasteiger partial charge on any atom is -0.297 e. The van der Waals surface area contributed by atoms with Gasteiger partial charge in [0.1, 0.15) is 0 Å². The third-order valence-corrected chi connectivity index (χ3v) is 4.29. The Kier molecular flexibility index (Phi) is 1.52. The Morgan fingerprint density at radius 3 is 3.00 bits per heavy atom. The van der Waals surface area contributed by atoms with Gasteiger partial charge in [-0.05, 0) is 37.5 Å². The average molecular weight is 165 g/mol. The van der Waals surface area contributed by atoms with E-state index in [0.29, 0.717) is 0 Å². The Hall–Kier alpha value is -0.0400. The Bertz CT molecular complexity index is 189. The van der Waals surface area contributed by atoms with Crippen LogP contribution in [0.25, 0.3) is 0 Å². The molecule has 0 amide bonds. The van der Waals surface area contributed by atoms with Crippen molar-refractivity contribution < 1.29 is 0 Å². The molecule has 0 aromatic heterocycles. The fourth-order valence-electron chi connectivity index (χ4n) is 3.90. The van der Waals surface area contributed by atoms with Crippen molar-refractivity contribution in [1.29, 1.82) is 0 Å². The van der Waals surface area contributed by atoms with Crippen LogP contribution in [0.1, 0.15) is 39.0 Å². The summed E-state index contributed by atoms with van der Waals surface area (Å²) in [7, 11) is 0. The molecular weight excluding hydrogens is 146 g/mol. The molecule has 0 bridgehead atoms. The van der Waals surface area contributed by atoms with Gasteiger partial charge in [-0.2, -0.15) is 0 Å². The Morgan fingerprint density at radius 1 is 1.17 bits per heavy atom. The quantitative estimate of drug-likeness (QED) is 0.532. The van der Waals surface area contributed by atoms with E-state index < -0.39 is 0 Å². The molecule has 2 saturated heterocycles. The molecule has 3 fully saturated rings. The first kappa shape index (κ1) is 7.37. The molecule has 0 N–H and O–H groups in total. The van der Waals surface area contributed by atoms with Gasteiger partial charge in [-0.25, -0.2) is 0 Å². The summed E-state index contributed by atoms with van der Waals surface area (Å²) in [6.07, 6.45) is 7.58. The predicted octanol–water partition coefficient (Wildman–Crippen LogP) is 2.27. The summed E-state index contributed by atoms with van der Waals surface area (Å²) in [5.74, 6) is 2.08. The second-order valence-electron chi connectivity index (χ2n) is 5.19. The number of hydrogen-bond donors (Lipinski definition) is 0. The van der Waals surface area contributed by atoms with Crippen LogP contribution in [-0.2, 0) is 0 Å². The summed E-state index contributed by atoms with van der Waals surface area (Å²) in [4.78, 5) is 2.84. The Balaban J connectivity index is 1.80. The lowest BCUT2D eigenvalue weighted by Gasteiger charge is -2.22. The number of rotatable bonds is 0. The van der Waals surface area contributed by atoms with Crippen molar-refractivity contribution in [2.45, 2.75) is 51.1 Å². The molecule has 4 atom stereocenters. The lowest BCUT2D eigenvalue weighted by Crippen LogP contribution is -2.31. The van der Waals surface area contributed by atoms with E-state index in [-0.39, 0.29) is 0 Å². The molecule has 4 unspecified atom stereocenters. The van der Waals surface area contributed by atoms with Crippen molar-refractivity contribution in [2.75, 3.05) is 6.54 Å². The van der Waals surface area contributed by atoms with Crippen LogP contribution < -0.4 is 0 Å². The van der Waals surface area contributed by atoms with Crippen LogP contribution in [0, 0.1) is 11.8 Å². The highest BCUT2D eigenvalue weighted by atomic mass is 15.2. The van der Waals surface area contributed by atoms with Gasteiger partial charge in [-0.3, -0.25) is 4.90 Å². The molecule has 1 saturated carbocycles. The van der Waals surface area contributed by atoms with Crippen molar-refractivity contribution in [3.63, 3.8) is 0 Å². The highest BCUT2D eigenvalue weighted by molar-refractivity contribution is 5.01. The van der Waals surface area contributed by atoms with Gasteiger partial charge in [0.05, 0.1) is 0 Å². The summed E-state index contributed by atoms with van der Waals surface area (Å²) in [5.41, 5.74) is 0. The topological polar surface area (TPSA) is 3.24 Å². The third-order valence-electron chi connectivity index (χ3n) is 4.29. The highest BCUT2D eigenvalue weighted by Gasteiger charge is 2.46. The van der Waals surface area contributed by atoms with E-state index in [0.717, 1.165) is 23.9 Å². The van der Waals surface area contributed by atoms with Crippen molar-refractivity contribution in [3.8, 4) is 0 Å². The first-order valence-electron chi connectivity index (χ1n) is 5.60. The SMILES string of the molecule is CC1CC2CC3CCCC3N2C1. The molecule has 3 rings (SSSR count). The maximum absolute atomic E-state index is 2.84. The standard InChI is InChI=1S/C11H19N/c1-8-5-10-6-9-3-2-4-11(9)12(10)7-8/h8-11H,2-7H2,1H3. The number of fused-ring (bicyclic) bond motifs is 3. The van der Waals surface area contributed by atoms with Crippen LogP contribution in [0.3, 0.4) is 0 Å². The molecule has 1 heteroatoms. The van der Waals surface area contributed by atoms with Crippen molar-refractivity contribution >= 4 is 0 Å². The van der Waals surface area contributed by atoms with E-state index in [2.05, 4.69) is 11.8 Å². The maximum Gasteiger partial charge on any atom is 0.0127 e. The zero-order valence-corrected chi connectivity index (χ0v) is 8.00. The first-order valence-corrected chi connectivity index (χ1v) is 5.60. The molecule has 0 spiro atoms. The lowest BCUT2D eigenvalue weighted by atomic mass is 9.97. The van der Waals surface area contributed by atoms with Crippen LogP contribution in [-0.4, -0.2) is 23.5 Å². The van der Waals surface area contributed by atoms with Crippen LogP contribution in [0.5, 0.6) is 0 Å². The molecule has 2 heterocycles. The summed E-state index contributed by atoms with van der Waals surface area (Å²) in [6, 6.07) is 2.01. The van der Waals surface area contributed by atoms with Gasteiger partial charge in [-0.1, -0.05) is 13.3 Å².